The number of carbonyl (C=O) groups is 3. The van der Waals surface area contributed by atoms with E-state index in [1.54, 1.807) is 18.2 Å². The molecule has 0 bridgehead atoms. The van der Waals surface area contributed by atoms with E-state index in [0.717, 1.165) is 27.8 Å². The Bertz CT molecular complexity index is 1270. The van der Waals surface area contributed by atoms with E-state index >= 15 is 0 Å². The van der Waals surface area contributed by atoms with E-state index in [9.17, 15) is 22.8 Å². The summed E-state index contributed by atoms with van der Waals surface area (Å²) < 4.78 is 25.4. The molecule has 0 radical (unpaired) electrons. The van der Waals surface area contributed by atoms with Gasteiger partial charge in [-0.2, -0.15) is 0 Å². The number of nitrogens with zero attached hydrogens (tertiary/aromatic N) is 2. The fourth-order valence-electron chi connectivity index (χ4n) is 5.05. The minimum absolute atomic E-state index is 0.354. The number of Topliss-reactive ketones (excluding diaryl/α,β-unsaturated/α-hetero) is 1. The van der Waals surface area contributed by atoms with E-state index in [-0.39, 0.29) is 12.3 Å². The maximum Gasteiger partial charge on any atom is 0.325 e. The maximum atomic E-state index is 13.3. The molecule has 1 saturated heterocycles. The van der Waals surface area contributed by atoms with Gasteiger partial charge in [0.05, 0.1) is 18.5 Å². The average molecular weight is 454 g/mol. The number of imide groups is 1. The molecule has 166 valence electrons. The van der Waals surface area contributed by atoms with Crippen LogP contribution in [0.25, 0.3) is 0 Å². The SMILES string of the molecule is CS(=O)(=O)N1CCCc2cc(C(=O)CN3C(=O)NC4(CCc5ccccc54)C3=O)ccc21. The van der Waals surface area contributed by atoms with E-state index in [0.29, 0.717) is 43.5 Å². The zero-order chi connectivity index (χ0) is 22.7. The number of nitrogens with one attached hydrogen (secondary N) is 1. The van der Waals surface area contributed by atoms with E-state index in [1.165, 1.54) is 4.31 Å². The summed E-state index contributed by atoms with van der Waals surface area (Å²) in [6, 6.07) is 11.8. The summed E-state index contributed by atoms with van der Waals surface area (Å²) in [5, 5.41) is 2.83. The average Bonchev–Trinajstić information content (AvgIpc) is 3.25. The number of fused-ring (bicyclic) bond motifs is 3. The molecule has 8 nitrogen and oxygen atoms in total. The van der Waals surface area contributed by atoms with Gasteiger partial charge in [-0.15, -0.1) is 0 Å². The lowest BCUT2D eigenvalue weighted by Crippen LogP contribution is -2.42. The van der Waals surface area contributed by atoms with Crippen molar-refractivity contribution in [2.75, 3.05) is 23.7 Å². The molecular weight excluding hydrogens is 430 g/mol. The van der Waals surface area contributed by atoms with E-state index in [4.69, 9.17) is 0 Å². The maximum absolute atomic E-state index is 13.3. The summed E-state index contributed by atoms with van der Waals surface area (Å²) in [6.07, 6.45) is 3.64. The second-order valence-corrected chi connectivity index (χ2v) is 10.5. The Morgan fingerprint density at radius 1 is 1.09 bits per heavy atom. The summed E-state index contributed by atoms with van der Waals surface area (Å²) in [7, 11) is -3.40. The Kier molecular flexibility index (Phi) is 4.63. The predicted octanol–water partition coefficient (Wildman–Crippen LogP) is 1.97. The molecule has 0 saturated carbocycles. The van der Waals surface area contributed by atoms with Gasteiger partial charge in [0, 0.05) is 12.1 Å². The second kappa shape index (κ2) is 7.16. The standard InChI is InChI=1S/C23H23N3O5S/c1-32(30,31)26-12-4-6-16-13-17(8-9-19(16)26)20(27)14-25-21(28)23(24-22(25)29)11-10-15-5-2-3-7-18(15)23/h2-3,5,7-9,13H,4,6,10-12,14H2,1H3,(H,24,29). The number of aryl methyl sites for hydroxylation is 2. The van der Waals surface area contributed by atoms with Crippen LogP contribution < -0.4 is 9.62 Å². The normalized spacial score (nSPS) is 22.2. The Hall–Kier alpha value is -3.20. The molecule has 0 aromatic heterocycles. The molecule has 9 heteroatoms. The van der Waals surface area contributed by atoms with Gasteiger partial charge in [0.15, 0.2) is 5.78 Å². The van der Waals surface area contributed by atoms with Crippen molar-refractivity contribution in [3.8, 4) is 0 Å². The lowest BCUT2D eigenvalue weighted by atomic mass is 9.91. The van der Waals surface area contributed by atoms with Gasteiger partial charge >= 0.3 is 6.03 Å². The summed E-state index contributed by atoms with van der Waals surface area (Å²) >= 11 is 0. The number of anilines is 1. The van der Waals surface area contributed by atoms with Crippen molar-refractivity contribution < 1.29 is 22.8 Å². The number of urea groups is 1. The quantitative estimate of drug-likeness (QED) is 0.563. The monoisotopic (exact) mass is 453 g/mol. The van der Waals surface area contributed by atoms with Crippen LogP contribution in [0, 0.1) is 0 Å². The first kappa shape index (κ1) is 20.7. The Morgan fingerprint density at radius 3 is 2.66 bits per heavy atom. The molecular formula is C23H23N3O5S. The van der Waals surface area contributed by atoms with E-state index in [2.05, 4.69) is 5.32 Å². The summed E-state index contributed by atoms with van der Waals surface area (Å²) in [6.45, 7) is 0.0499. The van der Waals surface area contributed by atoms with Gasteiger partial charge in [-0.1, -0.05) is 24.3 Å². The van der Waals surface area contributed by atoms with E-state index < -0.39 is 27.5 Å². The van der Waals surface area contributed by atoms with Gasteiger partial charge in [0.1, 0.15) is 5.54 Å². The fourth-order valence-corrected chi connectivity index (χ4v) is 6.04. The van der Waals surface area contributed by atoms with E-state index in [1.807, 2.05) is 24.3 Å². The molecule has 3 aliphatic rings. The number of ketones is 1. The van der Waals surface area contributed by atoms with Crippen LogP contribution in [0.2, 0.25) is 0 Å². The van der Waals surface area contributed by atoms with Crippen LogP contribution in [0.3, 0.4) is 0 Å². The Labute approximate surface area is 186 Å². The van der Waals surface area contributed by atoms with Gasteiger partial charge in [-0.05, 0) is 60.6 Å². The smallest absolute Gasteiger partial charge is 0.319 e. The lowest BCUT2D eigenvalue weighted by Gasteiger charge is -2.29. The van der Waals surface area contributed by atoms with Gasteiger partial charge < -0.3 is 5.32 Å². The van der Waals surface area contributed by atoms with Crippen LogP contribution in [0.15, 0.2) is 42.5 Å². The number of hydrogen-bond acceptors (Lipinski definition) is 5. The molecule has 5 rings (SSSR count). The van der Waals surface area contributed by atoms with Crippen LogP contribution in [0.5, 0.6) is 0 Å². The zero-order valence-corrected chi connectivity index (χ0v) is 18.4. The molecule has 2 aliphatic heterocycles. The first-order valence-corrected chi connectivity index (χ1v) is 12.4. The van der Waals surface area contributed by atoms with Crippen molar-refractivity contribution >= 4 is 33.4 Å². The number of hydrogen-bond donors (Lipinski definition) is 1. The summed E-state index contributed by atoms with van der Waals surface area (Å²) in [5.74, 6) is -0.766. The topological polar surface area (TPSA) is 104 Å². The lowest BCUT2D eigenvalue weighted by molar-refractivity contribution is -0.131. The van der Waals surface area contributed by atoms with Crippen molar-refractivity contribution in [1.82, 2.24) is 10.2 Å². The highest BCUT2D eigenvalue weighted by Crippen LogP contribution is 2.41. The molecule has 1 atom stereocenters. The molecule has 1 spiro atoms. The Morgan fingerprint density at radius 2 is 1.88 bits per heavy atom. The number of benzene rings is 2. The third-order valence-corrected chi connectivity index (χ3v) is 7.78. The van der Waals surface area contributed by atoms with Crippen LogP contribution in [-0.2, 0) is 33.2 Å². The zero-order valence-electron chi connectivity index (χ0n) is 17.6. The van der Waals surface area contributed by atoms with Crippen molar-refractivity contribution in [3.63, 3.8) is 0 Å². The van der Waals surface area contributed by atoms with Crippen LogP contribution >= 0.6 is 0 Å². The molecule has 32 heavy (non-hydrogen) atoms. The van der Waals surface area contributed by atoms with Gasteiger partial charge in [0.25, 0.3) is 5.91 Å². The third kappa shape index (κ3) is 3.10. The molecule has 2 aromatic carbocycles. The largest absolute Gasteiger partial charge is 0.325 e. The van der Waals surface area contributed by atoms with Gasteiger partial charge in [-0.25, -0.2) is 13.2 Å². The fraction of sp³-hybridized carbons (Fsp3) is 0.348. The van der Waals surface area contributed by atoms with Crippen molar-refractivity contribution in [3.05, 3.63) is 64.7 Å². The molecule has 1 unspecified atom stereocenters. The second-order valence-electron chi connectivity index (χ2n) is 8.59. The first-order chi connectivity index (χ1) is 15.2. The van der Waals surface area contributed by atoms with Gasteiger partial charge in [0.2, 0.25) is 10.0 Å². The third-order valence-electron chi connectivity index (χ3n) is 6.60. The highest BCUT2D eigenvalue weighted by molar-refractivity contribution is 7.92. The molecule has 2 aromatic rings. The molecule has 3 amide bonds. The van der Waals surface area contributed by atoms with Gasteiger partial charge in [-0.3, -0.25) is 18.8 Å². The Balaban J connectivity index is 1.39. The van der Waals surface area contributed by atoms with Crippen molar-refractivity contribution in [1.29, 1.82) is 0 Å². The number of carbonyl (C=O) groups excluding carboxylic acids is 3. The highest BCUT2D eigenvalue weighted by Gasteiger charge is 2.55. The van der Waals surface area contributed by atoms with Crippen LogP contribution in [0.1, 0.15) is 39.9 Å². The number of amides is 3. The molecule has 1 fully saturated rings. The highest BCUT2D eigenvalue weighted by atomic mass is 32.2. The van der Waals surface area contributed by atoms with Crippen LogP contribution in [0.4, 0.5) is 10.5 Å². The van der Waals surface area contributed by atoms with Crippen molar-refractivity contribution in [2.24, 2.45) is 0 Å². The molecule has 1 aliphatic carbocycles. The first-order valence-electron chi connectivity index (χ1n) is 10.6. The number of rotatable bonds is 4. The van der Waals surface area contributed by atoms with Crippen molar-refractivity contribution in [2.45, 2.75) is 31.2 Å². The summed E-state index contributed by atoms with van der Waals surface area (Å²) in [5.41, 5.74) is 2.42. The minimum Gasteiger partial charge on any atom is -0.319 e. The molecule has 1 N–H and O–H groups in total. The van der Waals surface area contributed by atoms with Crippen LogP contribution in [-0.4, -0.2) is 50.4 Å². The summed E-state index contributed by atoms with van der Waals surface area (Å²) in [4.78, 5) is 39.9. The number of sulfonamides is 1. The molecule has 2 heterocycles. The minimum atomic E-state index is -3.40. The predicted molar refractivity (Wildman–Crippen MR) is 118 cm³/mol.